The third-order valence-corrected chi connectivity index (χ3v) is 8.12. The number of ether oxygens (including phenoxy) is 1. The standard InChI is InChI=1S/C35H34N2O3/c1-4-39-32(38)22-35(19-20-35)31-17-15-27(16-18-31)26-9-12-28(13-10-26)34-33(24(3)37-40-34)36-23(2)29-14-11-25-7-5-6-8-30(25)21-29/h5-18,21,23,36H,4,19-20,22H2,1-3H3. The van der Waals surface area contributed by atoms with Crippen LogP contribution in [0.3, 0.4) is 0 Å². The van der Waals surface area contributed by atoms with Gasteiger partial charge in [0.2, 0.25) is 0 Å². The molecule has 0 aliphatic heterocycles. The second-order valence-corrected chi connectivity index (χ2v) is 10.9. The molecule has 1 N–H and O–H groups in total. The van der Waals surface area contributed by atoms with E-state index in [0.717, 1.165) is 46.7 Å². The number of carbonyl (C=O) groups excluding carboxylic acids is 1. The number of esters is 1. The summed E-state index contributed by atoms with van der Waals surface area (Å²) in [5, 5.41) is 10.4. The van der Waals surface area contributed by atoms with Crippen LogP contribution in [-0.2, 0) is 14.9 Å². The highest BCUT2D eigenvalue weighted by Crippen LogP contribution is 2.51. The van der Waals surface area contributed by atoms with E-state index in [1.165, 1.54) is 21.9 Å². The molecular weight excluding hydrogens is 496 g/mol. The fraction of sp³-hybridized carbons (Fsp3) is 0.257. The van der Waals surface area contributed by atoms with Gasteiger partial charge in [0.15, 0.2) is 5.76 Å². The van der Waals surface area contributed by atoms with E-state index in [-0.39, 0.29) is 17.4 Å². The van der Waals surface area contributed by atoms with E-state index >= 15 is 0 Å². The summed E-state index contributed by atoms with van der Waals surface area (Å²) < 4.78 is 11.0. The molecule has 1 aliphatic rings. The van der Waals surface area contributed by atoms with Gasteiger partial charge < -0.3 is 14.6 Å². The van der Waals surface area contributed by atoms with Gasteiger partial charge >= 0.3 is 5.97 Å². The molecule has 202 valence electrons. The number of anilines is 1. The Morgan fingerprint density at radius 3 is 2.25 bits per heavy atom. The maximum Gasteiger partial charge on any atom is 0.306 e. The number of carbonyl (C=O) groups is 1. The van der Waals surface area contributed by atoms with Crippen molar-refractivity contribution in [1.29, 1.82) is 0 Å². The van der Waals surface area contributed by atoms with Gasteiger partial charge in [-0.25, -0.2) is 0 Å². The maximum absolute atomic E-state index is 12.1. The monoisotopic (exact) mass is 530 g/mol. The van der Waals surface area contributed by atoms with Gasteiger partial charge in [-0.3, -0.25) is 4.79 Å². The van der Waals surface area contributed by atoms with Crippen molar-refractivity contribution < 1.29 is 14.1 Å². The molecular formula is C35H34N2O3. The van der Waals surface area contributed by atoms with E-state index in [1.807, 2.05) is 13.8 Å². The number of nitrogens with one attached hydrogen (secondary N) is 1. The van der Waals surface area contributed by atoms with Gasteiger partial charge in [0, 0.05) is 17.0 Å². The Kier molecular flexibility index (Phi) is 6.89. The Hall–Kier alpha value is -4.38. The van der Waals surface area contributed by atoms with Crippen molar-refractivity contribution in [3.05, 3.63) is 108 Å². The molecule has 0 bridgehead atoms. The number of hydrogen-bond donors (Lipinski definition) is 1. The molecule has 1 unspecified atom stereocenters. The molecule has 6 rings (SSSR count). The van der Waals surface area contributed by atoms with Crippen LogP contribution in [-0.4, -0.2) is 17.7 Å². The normalized spacial score (nSPS) is 14.6. The van der Waals surface area contributed by atoms with Gasteiger partial charge in [-0.05, 0) is 72.7 Å². The van der Waals surface area contributed by atoms with Crippen LogP contribution >= 0.6 is 0 Å². The maximum atomic E-state index is 12.1. The summed E-state index contributed by atoms with van der Waals surface area (Å²) in [4.78, 5) is 12.1. The van der Waals surface area contributed by atoms with Crippen LogP contribution in [0.25, 0.3) is 33.2 Å². The summed E-state index contributed by atoms with van der Waals surface area (Å²) >= 11 is 0. The molecule has 1 saturated carbocycles. The Morgan fingerprint density at radius 1 is 0.925 bits per heavy atom. The minimum absolute atomic E-state index is 0.0494. The van der Waals surface area contributed by atoms with E-state index in [2.05, 4.69) is 108 Å². The fourth-order valence-electron chi connectivity index (χ4n) is 5.55. The van der Waals surface area contributed by atoms with Gasteiger partial charge in [0.1, 0.15) is 11.4 Å². The van der Waals surface area contributed by atoms with Crippen molar-refractivity contribution in [2.75, 3.05) is 11.9 Å². The zero-order valence-corrected chi connectivity index (χ0v) is 23.2. The predicted octanol–water partition coefficient (Wildman–Crippen LogP) is 8.63. The number of aromatic nitrogens is 1. The Labute approximate surface area is 235 Å². The number of fused-ring (bicyclic) bond motifs is 1. The second kappa shape index (κ2) is 10.6. The minimum Gasteiger partial charge on any atom is -0.466 e. The predicted molar refractivity (Wildman–Crippen MR) is 160 cm³/mol. The Bertz CT molecular complexity index is 1650. The molecule has 4 aromatic carbocycles. The van der Waals surface area contributed by atoms with Crippen molar-refractivity contribution >= 4 is 22.4 Å². The molecule has 0 saturated heterocycles. The van der Waals surface area contributed by atoms with Crippen LogP contribution in [0, 0.1) is 6.92 Å². The topological polar surface area (TPSA) is 64.4 Å². The van der Waals surface area contributed by atoms with Crippen molar-refractivity contribution in [3.63, 3.8) is 0 Å². The molecule has 1 atom stereocenters. The molecule has 0 radical (unpaired) electrons. The van der Waals surface area contributed by atoms with E-state index in [4.69, 9.17) is 9.26 Å². The minimum atomic E-state index is -0.108. The number of rotatable bonds is 9. The van der Waals surface area contributed by atoms with E-state index in [0.29, 0.717) is 13.0 Å². The van der Waals surface area contributed by atoms with Gasteiger partial charge in [0.05, 0.1) is 13.0 Å². The third-order valence-electron chi connectivity index (χ3n) is 8.12. The average Bonchev–Trinajstić information content (AvgIpc) is 3.68. The molecule has 5 aromatic rings. The molecule has 40 heavy (non-hydrogen) atoms. The van der Waals surface area contributed by atoms with Gasteiger partial charge in [-0.1, -0.05) is 90.1 Å². The molecule has 5 nitrogen and oxygen atoms in total. The SMILES string of the molecule is CCOC(=O)CC1(c2ccc(-c3ccc(-c4onc(C)c4NC(C)c4ccc5ccccc5c4)cc3)cc2)CC1. The first kappa shape index (κ1) is 25.9. The van der Waals surface area contributed by atoms with Crippen molar-refractivity contribution in [3.8, 4) is 22.5 Å². The Morgan fingerprint density at radius 2 is 1.57 bits per heavy atom. The Balaban J connectivity index is 1.18. The highest BCUT2D eigenvalue weighted by atomic mass is 16.5. The van der Waals surface area contributed by atoms with Gasteiger partial charge in [0.25, 0.3) is 0 Å². The average molecular weight is 531 g/mol. The summed E-state index contributed by atoms with van der Waals surface area (Å²) in [7, 11) is 0. The molecule has 0 amide bonds. The van der Waals surface area contributed by atoms with Gasteiger partial charge in [-0.15, -0.1) is 0 Å². The highest BCUT2D eigenvalue weighted by molar-refractivity contribution is 5.83. The second-order valence-electron chi connectivity index (χ2n) is 10.9. The molecule has 1 aromatic heterocycles. The van der Waals surface area contributed by atoms with Crippen LogP contribution in [0.4, 0.5) is 5.69 Å². The number of nitrogens with zero attached hydrogens (tertiary/aromatic N) is 1. The summed E-state index contributed by atoms with van der Waals surface area (Å²) in [5.74, 6) is 0.629. The first-order valence-corrected chi connectivity index (χ1v) is 14.0. The lowest BCUT2D eigenvalue weighted by Crippen LogP contribution is -2.15. The molecule has 1 fully saturated rings. The lowest BCUT2D eigenvalue weighted by molar-refractivity contribution is -0.143. The first-order chi connectivity index (χ1) is 19.5. The number of benzene rings is 4. The van der Waals surface area contributed by atoms with Crippen LogP contribution in [0.5, 0.6) is 0 Å². The van der Waals surface area contributed by atoms with Crippen LogP contribution in [0.1, 0.15) is 56.0 Å². The zero-order valence-electron chi connectivity index (χ0n) is 23.2. The molecule has 5 heteroatoms. The summed E-state index contributed by atoms with van der Waals surface area (Å²) in [6.45, 7) is 6.40. The summed E-state index contributed by atoms with van der Waals surface area (Å²) in [5.41, 5.74) is 7.36. The van der Waals surface area contributed by atoms with Crippen LogP contribution in [0.2, 0.25) is 0 Å². The van der Waals surface area contributed by atoms with Crippen LogP contribution < -0.4 is 5.32 Å². The molecule has 0 spiro atoms. The largest absolute Gasteiger partial charge is 0.466 e. The number of hydrogen-bond acceptors (Lipinski definition) is 5. The summed E-state index contributed by atoms with van der Waals surface area (Å²) in [6, 6.07) is 32.1. The lowest BCUT2D eigenvalue weighted by atomic mass is 9.91. The molecule has 1 heterocycles. The molecule has 1 aliphatic carbocycles. The zero-order chi connectivity index (χ0) is 27.7. The van der Waals surface area contributed by atoms with Crippen molar-refractivity contribution in [1.82, 2.24) is 5.16 Å². The quantitative estimate of drug-likeness (QED) is 0.193. The van der Waals surface area contributed by atoms with Crippen LogP contribution in [0.15, 0.2) is 95.5 Å². The third kappa shape index (κ3) is 5.12. The fourth-order valence-corrected chi connectivity index (χ4v) is 5.55. The van der Waals surface area contributed by atoms with Crippen molar-refractivity contribution in [2.45, 2.75) is 51.5 Å². The summed E-state index contributed by atoms with van der Waals surface area (Å²) in [6.07, 6.45) is 2.53. The first-order valence-electron chi connectivity index (χ1n) is 14.0. The van der Waals surface area contributed by atoms with Gasteiger partial charge in [-0.2, -0.15) is 0 Å². The van der Waals surface area contributed by atoms with E-state index < -0.39 is 0 Å². The van der Waals surface area contributed by atoms with E-state index in [9.17, 15) is 4.79 Å². The smallest absolute Gasteiger partial charge is 0.306 e. The number of aryl methyl sites for hydroxylation is 1. The lowest BCUT2D eigenvalue weighted by Gasteiger charge is -2.17. The van der Waals surface area contributed by atoms with E-state index in [1.54, 1.807) is 0 Å². The highest BCUT2D eigenvalue weighted by Gasteiger charge is 2.46. The van der Waals surface area contributed by atoms with Crippen molar-refractivity contribution in [2.24, 2.45) is 0 Å².